The van der Waals surface area contributed by atoms with E-state index >= 15 is 0 Å². The maximum absolute atomic E-state index is 13.0. The van der Waals surface area contributed by atoms with E-state index in [0.29, 0.717) is 24.8 Å². The number of carboxylic acid groups (broad SMARTS) is 1. The lowest BCUT2D eigenvalue weighted by Crippen LogP contribution is -2.30. The second-order valence-corrected chi connectivity index (χ2v) is 4.48. The van der Waals surface area contributed by atoms with Gasteiger partial charge in [0, 0.05) is 6.20 Å². The maximum Gasteiger partial charge on any atom is 0.309 e. The van der Waals surface area contributed by atoms with E-state index in [4.69, 9.17) is 0 Å². The average molecular weight is 223 g/mol. The number of carbonyl (C=O) groups is 1. The number of halogens is 1. The third-order valence-corrected chi connectivity index (χ3v) is 3.32. The highest BCUT2D eigenvalue weighted by Gasteiger charge is 2.41. The lowest BCUT2D eigenvalue weighted by atomic mass is 9.80. The number of aliphatic carboxylic acids is 1. The van der Waals surface area contributed by atoms with E-state index in [1.807, 2.05) is 0 Å². The van der Waals surface area contributed by atoms with E-state index < -0.39 is 17.2 Å². The van der Waals surface area contributed by atoms with E-state index in [-0.39, 0.29) is 0 Å². The molecule has 4 heteroatoms. The molecule has 1 N–H and O–H groups in total. The Morgan fingerprint density at radius 3 is 2.69 bits per heavy atom. The van der Waals surface area contributed by atoms with Crippen molar-refractivity contribution in [2.45, 2.75) is 32.1 Å². The summed E-state index contributed by atoms with van der Waals surface area (Å²) in [5, 5.41) is 9.28. The Balaban J connectivity index is 2.21. The van der Waals surface area contributed by atoms with Gasteiger partial charge in [0.2, 0.25) is 0 Å². The van der Waals surface area contributed by atoms with Gasteiger partial charge in [-0.2, -0.15) is 0 Å². The van der Waals surface area contributed by atoms with Crippen molar-refractivity contribution >= 4 is 5.97 Å². The van der Waals surface area contributed by atoms with Gasteiger partial charge in [0.1, 0.15) is 5.82 Å². The van der Waals surface area contributed by atoms with Crippen molar-refractivity contribution in [1.82, 2.24) is 4.98 Å². The molecule has 0 bridgehead atoms. The molecule has 0 saturated heterocycles. The van der Waals surface area contributed by atoms with Crippen molar-refractivity contribution in [3.05, 3.63) is 29.8 Å². The minimum atomic E-state index is -0.769. The first-order valence-corrected chi connectivity index (χ1v) is 5.45. The van der Waals surface area contributed by atoms with Crippen molar-refractivity contribution in [3.63, 3.8) is 0 Å². The molecule has 0 aliphatic heterocycles. The van der Waals surface area contributed by atoms with Gasteiger partial charge in [0.15, 0.2) is 0 Å². The van der Waals surface area contributed by atoms with Crippen LogP contribution in [0.1, 0.15) is 31.2 Å². The molecule has 1 aromatic rings. The molecule has 1 saturated carbocycles. The number of aromatic nitrogens is 1. The summed E-state index contributed by atoms with van der Waals surface area (Å²) in [4.78, 5) is 15.0. The molecular weight excluding hydrogens is 209 g/mol. The normalized spacial score (nSPS) is 18.6. The minimum absolute atomic E-state index is 0.382. The molecule has 0 spiro atoms. The zero-order valence-electron chi connectivity index (χ0n) is 8.95. The molecule has 0 atom stereocenters. The van der Waals surface area contributed by atoms with Crippen LogP contribution >= 0.6 is 0 Å². The molecule has 0 unspecified atom stereocenters. The molecular formula is C12H14FNO2. The lowest BCUT2D eigenvalue weighted by Gasteiger charge is -2.23. The molecule has 1 aliphatic rings. The molecule has 86 valence electrons. The average Bonchev–Trinajstić information content (AvgIpc) is 2.67. The molecule has 1 aromatic heterocycles. The summed E-state index contributed by atoms with van der Waals surface area (Å²) < 4.78 is 13.0. The number of carboxylic acids is 1. The first kappa shape index (κ1) is 11.0. The second-order valence-electron chi connectivity index (χ2n) is 4.48. The summed E-state index contributed by atoms with van der Waals surface area (Å²) in [6, 6.07) is 1.37. The molecule has 3 nitrogen and oxygen atoms in total. The van der Waals surface area contributed by atoms with Gasteiger partial charge in [-0.15, -0.1) is 0 Å². The highest BCUT2D eigenvalue weighted by molar-refractivity contribution is 5.75. The van der Waals surface area contributed by atoms with Gasteiger partial charge in [-0.3, -0.25) is 9.78 Å². The highest BCUT2D eigenvalue weighted by Crippen LogP contribution is 2.41. The van der Waals surface area contributed by atoms with Crippen LogP contribution in [0.2, 0.25) is 0 Å². The van der Waals surface area contributed by atoms with Crippen LogP contribution in [0.3, 0.4) is 0 Å². The highest BCUT2D eigenvalue weighted by atomic mass is 19.1. The topological polar surface area (TPSA) is 50.2 Å². The summed E-state index contributed by atoms with van der Waals surface area (Å²) in [6.45, 7) is 0. The molecule has 1 heterocycles. The van der Waals surface area contributed by atoms with Crippen LogP contribution in [0.5, 0.6) is 0 Å². The van der Waals surface area contributed by atoms with E-state index in [1.165, 1.54) is 6.07 Å². The van der Waals surface area contributed by atoms with Crippen LogP contribution in [0.15, 0.2) is 18.5 Å². The number of pyridine rings is 1. The first-order valence-electron chi connectivity index (χ1n) is 5.45. The van der Waals surface area contributed by atoms with Gasteiger partial charge < -0.3 is 5.11 Å². The van der Waals surface area contributed by atoms with Crippen LogP contribution < -0.4 is 0 Å². The lowest BCUT2D eigenvalue weighted by molar-refractivity contribution is -0.148. The summed E-state index contributed by atoms with van der Waals surface area (Å²) in [5.74, 6) is -1.18. The smallest absolute Gasteiger partial charge is 0.309 e. The van der Waals surface area contributed by atoms with Gasteiger partial charge in [-0.1, -0.05) is 12.8 Å². The standard InChI is InChI=1S/C12H14FNO2/c13-10-5-9(7-14-8-10)6-12(11(15)16)3-1-2-4-12/h5,7-8H,1-4,6H2,(H,15,16). The number of hydrogen-bond acceptors (Lipinski definition) is 2. The van der Waals surface area contributed by atoms with Crippen LogP contribution in [-0.2, 0) is 11.2 Å². The van der Waals surface area contributed by atoms with E-state index in [9.17, 15) is 14.3 Å². The van der Waals surface area contributed by atoms with Gasteiger partial charge in [0.05, 0.1) is 11.6 Å². The summed E-state index contributed by atoms with van der Waals surface area (Å²) in [5.41, 5.74) is -0.0283. The Morgan fingerprint density at radius 1 is 1.44 bits per heavy atom. The van der Waals surface area contributed by atoms with Gasteiger partial charge in [-0.05, 0) is 30.9 Å². The fraction of sp³-hybridized carbons (Fsp3) is 0.500. The third-order valence-electron chi connectivity index (χ3n) is 3.32. The molecule has 1 fully saturated rings. The summed E-state index contributed by atoms with van der Waals surface area (Å²) >= 11 is 0. The van der Waals surface area contributed by atoms with E-state index in [2.05, 4.69) is 4.98 Å². The van der Waals surface area contributed by atoms with Gasteiger partial charge in [-0.25, -0.2) is 4.39 Å². The Bertz CT molecular complexity index is 400. The Kier molecular flexibility index (Phi) is 2.90. The molecule has 0 aromatic carbocycles. The second kappa shape index (κ2) is 4.20. The van der Waals surface area contributed by atoms with Gasteiger partial charge >= 0.3 is 5.97 Å². The van der Waals surface area contributed by atoms with Crippen LogP contribution in [0, 0.1) is 11.2 Å². The summed E-state index contributed by atoms with van der Waals surface area (Å²) in [7, 11) is 0. The Labute approximate surface area is 93.3 Å². The van der Waals surface area contributed by atoms with E-state index in [0.717, 1.165) is 19.0 Å². The zero-order chi connectivity index (χ0) is 11.6. The molecule has 1 aliphatic carbocycles. The monoisotopic (exact) mass is 223 g/mol. The Morgan fingerprint density at radius 2 is 2.12 bits per heavy atom. The molecule has 16 heavy (non-hydrogen) atoms. The van der Waals surface area contributed by atoms with Crippen molar-refractivity contribution in [1.29, 1.82) is 0 Å². The fourth-order valence-corrected chi connectivity index (χ4v) is 2.46. The van der Waals surface area contributed by atoms with Crippen LogP contribution in [0.4, 0.5) is 4.39 Å². The largest absolute Gasteiger partial charge is 0.481 e. The number of nitrogens with zero attached hydrogens (tertiary/aromatic N) is 1. The van der Waals surface area contributed by atoms with Gasteiger partial charge in [0.25, 0.3) is 0 Å². The number of rotatable bonds is 3. The molecule has 0 radical (unpaired) electrons. The van der Waals surface area contributed by atoms with Crippen molar-refractivity contribution in [2.24, 2.45) is 5.41 Å². The summed E-state index contributed by atoms with van der Waals surface area (Å²) in [6.07, 6.45) is 6.30. The SMILES string of the molecule is O=C(O)C1(Cc2cncc(F)c2)CCCC1. The predicted octanol–water partition coefficient (Wildman–Crippen LogP) is 2.41. The minimum Gasteiger partial charge on any atom is -0.481 e. The number of hydrogen-bond donors (Lipinski definition) is 1. The zero-order valence-corrected chi connectivity index (χ0v) is 8.95. The van der Waals surface area contributed by atoms with E-state index in [1.54, 1.807) is 6.20 Å². The quantitative estimate of drug-likeness (QED) is 0.856. The fourth-order valence-electron chi connectivity index (χ4n) is 2.46. The Hall–Kier alpha value is -1.45. The first-order chi connectivity index (χ1) is 7.62. The van der Waals surface area contributed by atoms with Crippen LogP contribution in [-0.4, -0.2) is 16.1 Å². The third kappa shape index (κ3) is 2.05. The predicted molar refractivity (Wildman–Crippen MR) is 56.4 cm³/mol. The van der Waals surface area contributed by atoms with Crippen LogP contribution in [0.25, 0.3) is 0 Å². The van der Waals surface area contributed by atoms with Crippen molar-refractivity contribution in [2.75, 3.05) is 0 Å². The van der Waals surface area contributed by atoms with Crippen molar-refractivity contribution in [3.8, 4) is 0 Å². The maximum atomic E-state index is 13.0. The molecule has 0 amide bonds. The molecule has 2 rings (SSSR count). The van der Waals surface area contributed by atoms with Crippen molar-refractivity contribution < 1.29 is 14.3 Å².